The van der Waals surface area contributed by atoms with Crippen molar-refractivity contribution in [2.45, 2.75) is 32.2 Å². The zero-order valence-corrected chi connectivity index (χ0v) is 21.1. The number of ether oxygens (including phenoxy) is 1. The second-order valence-corrected chi connectivity index (χ2v) is 47.8. The molecule has 0 spiro atoms. The van der Waals surface area contributed by atoms with E-state index in [2.05, 4.69) is 86.1 Å². The number of rotatable bonds is 6. The van der Waals surface area contributed by atoms with Gasteiger partial charge in [-0.05, 0) is 32.2 Å². The van der Waals surface area contributed by atoms with Crippen LogP contribution in [0.5, 0.6) is 0 Å². The van der Waals surface area contributed by atoms with Crippen LogP contribution in [0.25, 0.3) is 0 Å². The van der Waals surface area contributed by atoms with E-state index in [4.69, 9.17) is 13.3 Å². The normalized spacial score (nSPS) is 12.4. The Kier molecular flexibility index (Phi) is 15.4. The molecule has 0 unspecified atom stereocenters. The van der Waals surface area contributed by atoms with E-state index in [0.717, 1.165) is 12.7 Å². The Morgan fingerprint density at radius 2 is 1.41 bits per heavy atom. The molecule has 17 heavy (non-hydrogen) atoms. The zero-order valence-electron chi connectivity index (χ0n) is 11.2. The first-order valence-electron chi connectivity index (χ1n) is 5.08. The molecule has 0 radical (unpaired) electrons. The predicted octanol–water partition coefficient (Wildman–Crippen LogP) is 4.86. The summed E-state index contributed by atoms with van der Waals surface area (Å²) in [7, 11) is 0.0293. The van der Waals surface area contributed by atoms with Gasteiger partial charge in [-0.15, -0.1) is 0 Å². The van der Waals surface area contributed by atoms with Crippen LogP contribution in [-0.2, 0) is 18.2 Å². The molecular formula is C8H22I3O3Si2V. The summed E-state index contributed by atoms with van der Waals surface area (Å²) in [6.07, 6.45) is 0. The Hall–Kier alpha value is 3.09. The van der Waals surface area contributed by atoms with Crippen molar-refractivity contribution >= 4 is 76.8 Å². The Bertz CT molecular complexity index is 194. The summed E-state index contributed by atoms with van der Waals surface area (Å²) < 4.78 is 16.5. The fourth-order valence-electron chi connectivity index (χ4n) is 1.11. The van der Waals surface area contributed by atoms with Crippen LogP contribution >= 0.6 is 59.9 Å². The van der Waals surface area contributed by atoms with E-state index < -0.39 is 16.9 Å². The van der Waals surface area contributed by atoms with Crippen molar-refractivity contribution in [3.63, 3.8) is 0 Å². The van der Waals surface area contributed by atoms with E-state index in [1.807, 2.05) is 0 Å². The average molecular weight is 654 g/mol. The summed E-state index contributed by atoms with van der Waals surface area (Å²) in [6, 6.07) is 1.03. The molecule has 0 fully saturated rings. The Balaban J connectivity index is 0. The third kappa shape index (κ3) is 19.1. The molecule has 0 aromatic carbocycles. The van der Waals surface area contributed by atoms with Gasteiger partial charge in [0, 0.05) is 20.8 Å². The molecule has 0 aliphatic carbocycles. The summed E-state index contributed by atoms with van der Waals surface area (Å²) in [5, 5.41) is 0. The summed E-state index contributed by atoms with van der Waals surface area (Å²) in [4.78, 5) is -0.278. The van der Waals surface area contributed by atoms with Crippen LogP contribution in [-0.4, -0.2) is 37.7 Å². The standard InChI is InChI=1S/C8H22O3Si2.3HI.V/c1-9-7-8-12(3,4)11-13(5,6)10-2;;;;/h7-8H2,1-6H3;3*1H;/q;;;;+3/p-3. The van der Waals surface area contributed by atoms with Crippen LogP contribution in [0, 0.1) is 0 Å². The molecule has 9 heteroatoms. The number of methoxy groups -OCH3 is 1. The molecule has 0 aliphatic heterocycles. The molecule has 0 saturated heterocycles. The molecule has 106 valence electrons. The van der Waals surface area contributed by atoms with Gasteiger partial charge >= 0.3 is 73.4 Å². The SMILES string of the molecule is COCC[Si](C)(C)O[Si](C)(C)OC.[I][V]([I])[I]. The van der Waals surface area contributed by atoms with Crippen LogP contribution in [0.2, 0.25) is 32.2 Å². The van der Waals surface area contributed by atoms with E-state index >= 15 is 0 Å². The van der Waals surface area contributed by atoms with Gasteiger partial charge in [-0.1, -0.05) is 0 Å². The van der Waals surface area contributed by atoms with E-state index in [9.17, 15) is 0 Å². The van der Waals surface area contributed by atoms with E-state index in [0.29, 0.717) is 0 Å². The van der Waals surface area contributed by atoms with Gasteiger partial charge in [0.2, 0.25) is 0 Å². The Labute approximate surface area is 146 Å². The number of hydrogen-bond acceptors (Lipinski definition) is 3. The van der Waals surface area contributed by atoms with Crippen LogP contribution in [0.3, 0.4) is 0 Å². The molecule has 0 aromatic rings. The van der Waals surface area contributed by atoms with Crippen LogP contribution < -0.4 is 0 Å². The second kappa shape index (κ2) is 11.7. The van der Waals surface area contributed by atoms with Gasteiger partial charge < -0.3 is 13.3 Å². The molecule has 0 rings (SSSR count). The summed E-state index contributed by atoms with van der Waals surface area (Å²) in [6.45, 7) is 9.36. The molecule has 0 aliphatic rings. The third-order valence-corrected chi connectivity index (χ3v) is 8.49. The number of halogens is 3. The van der Waals surface area contributed by atoms with Crippen LogP contribution in [0.1, 0.15) is 0 Å². The molecule has 3 nitrogen and oxygen atoms in total. The molecule has 0 amide bonds. The quantitative estimate of drug-likeness (QED) is 0.303. The van der Waals surface area contributed by atoms with Gasteiger partial charge in [0.1, 0.15) is 0 Å². The van der Waals surface area contributed by atoms with E-state index in [-0.39, 0.29) is 4.92 Å². The first-order valence-corrected chi connectivity index (χ1v) is 24.5. The Morgan fingerprint density at radius 1 is 1.00 bits per heavy atom. The molecule has 0 atom stereocenters. The second-order valence-electron chi connectivity index (χ2n) is 4.40. The van der Waals surface area contributed by atoms with Crippen molar-refractivity contribution in [3.05, 3.63) is 0 Å². The van der Waals surface area contributed by atoms with Crippen molar-refractivity contribution in [3.8, 4) is 0 Å². The van der Waals surface area contributed by atoms with Gasteiger partial charge in [0.05, 0.1) is 0 Å². The van der Waals surface area contributed by atoms with Crippen molar-refractivity contribution in [1.29, 1.82) is 0 Å². The molecule has 0 N–H and O–H groups in total. The number of hydrogen-bond donors (Lipinski definition) is 0. The Morgan fingerprint density at radius 3 is 1.71 bits per heavy atom. The average Bonchev–Trinajstić information content (AvgIpc) is 2.12. The molecule has 0 aromatic heterocycles. The topological polar surface area (TPSA) is 27.7 Å². The summed E-state index contributed by atoms with van der Waals surface area (Å²) >= 11 is 7.39. The van der Waals surface area contributed by atoms with Gasteiger partial charge in [-0.25, -0.2) is 0 Å². The van der Waals surface area contributed by atoms with Crippen molar-refractivity contribution < 1.29 is 18.2 Å². The molecule has 0 bridgehead atoms. The van der Waals surface area contributed by atoms with Crippen LogP contribution in [0.15, 0.2) is 0 Å². The first-order chi connectivity index (χ1) is 7.56. The van der Waals surface area contributed by atoms with Crippen molar-refractivity contribution in [2.24, 2.45) is 0 Å². The minimum absolute atomic E-state index is 0.278. The molecule has 0 heterocycles. The van der Waals surface area contributed by atoms with Crippen LogP contribution in [0.4, 0.5) is 0 Å². The maximum atomic E-state index is 6.05. The van der Waals surface area contributed by atoms with Gasteiger partial charge in [-0.2, -0.15) is 0 Å². The van der Waals surface area contributed by atoms with Gasteiger partial charge in [-0.3, -0.25) is 0 Å². The van der Waals surface area contributed by atoms with E-state index in [1.165, 1.54) is 0 Å². The minimum atomic E-state index is -1.86. The monoisotopic (exact) mass is 654 g/mol. The van der Waals surface area contributed by atoms with Gasteiger partial charge in [0.25, 0.3) is 0 Å². The molecular weight excluding hydrogens is 632 g/mol. The fourth-order valence-corrected chi connectivity index (χ4v) is 7.87. The summed E-state index contributed by atoms with van der Waals surface area (Å²) in [5.41, 5.74) is 0. The maximum absolute atomic E-state index is 6.05. The predicted molar refractivity (Wildman–Crippen MR) is 102 cm³/mol. The van der Waals surface area contributed by atoms with Gasteiger partial charge in [0.15, 0.2) is 8.32 Å². The van der Waals surface area contributed by atoms with Crippen molar-refractivity contribution in [2.75, 3.05) is 20.8 Å². The molecule has 0 saturated carbocycles. The first kappa shape index (κ1) is 22.4. The third-order valence-electron chi connectivity index (χ3n) is 1.92. The zero-order chi connectivity index (χ0) is 14.1. The fraction of sp³-hybridized carbons (Fsp3) is 1.00. The summed E-state index contributed by atoms with van der Waals surface area (Å²) in [5.74, 6) is 0. The van der Waals surface area contributed by atoms with Crippen molar-refractivity contribution in [1.82, 2.24) is 0 Å². The van der Waals surface area contributed by atoms with E-state index in [1.54, 1.807) is 14.2 Å².